The summed E-state index contributed by atoms with van der Waals surface area (Å²) in [5.74, 6) is 0.206. The first-order valence-electron chi connectivity index (χ1n) is 3.73. The van der Waals surface area contributed by atoms with E-state index < -0.39 is 12.2 Å². The molecule has 0 bridgehead atoms. The molecule has 6 heteroatoms. The van der Waals surface area contributed by atoms with Gasteiger partial charge in [0, 0.05) is 11.8 Å². The van der Waals surface area contributed by atoms with Crippen molar-refractivity contribution in [2.75, 3.05) is 5.73 Å². The molecule has 1 aromatic heterocycles. The third-order valence-electron chi connectivity index (χ3n) is 1.65. The fourth-order valence-corrected chi connectivity index (χ4v) is 1.19. The average molecular weight is 214 g/mol. The summed E-state index contributed by atoms with van der Waals surface area (Å²) in [4.78, 5) is 3.69. The van der Waals surface area contributed by atoms with Gasteiger partial charge in [0.1, 0.15) is 11.9 Å². The number of nitriles is 1. The molecule has 0 radical (unpaired) electrons. The summed E-state index contributed by atoms with van der Waals surface area (Å²) in [7, 11) is 0. The lowest BCUT2D eigenvalue weighted by atomic mass is 10.1. The van der Waals surface area contributed by atoms with Gasteiger partial charge in [-0.3, -0.25) is 0 Å². The molecule has 0 saturated heterocycles. The molecule has 0 aromatic carbocycles. The molecule has 2 unspecified atom stereocenters. The van der Waals surface area contributed by atoms with E-state index >= 15 is 0 Å². The van der Waals surface area contributed by atoms with Gasteiger partial charge in [-0.25, -0.2) is 4.98 Å². The standard InChI is InChI=1S/C8H8ClN3O2/c9-5-1-7(11)12-3-4(5)8(14)6(13)2-10/h1,3,6,8,13-14H,(H2,11,12). The number of rotatable bonds is 2. The summed E-state index contributed by atoms with van der Waals surface area (Å²) in [5.41, 5.74) is 5.51. The number of aromatic nitrogens is 1. The number of nitrogen functional groups attached to an aromatic ring is 1. The summed E-state index contributed by atoms with van der Waals surface area (Å²) >= 11 is 5.72. The molecule has 0 fully saturated rings. The minimum atomic E-state index is -1.53. The molecule has 0 aliphatic heterocycles. The van der Waals surface area contributed by atoms with Crippen molar-refractivity contribution < 1.29 is 10.2 Å². The van der Waals surface area contributed by atoms with Gasteiger partial charge in [0.15, 0.2) is 6.10 Å². The molecule has 0 spiro atoms. The van der Waals surface area contributed by atoms with Gasteiger partial charge in [0.25, 0.3) is 0 Å². The summed E-state index contributed by atoms with van der Waals surface area (Å²) in [6, 6.07) is 2.83. The zero-order valence-electron chi connectivity index (χ0n) is 7.05. The van der Waals surface area contributed by atoms with Crippen LogP contribution >= 0.6 is 11.6 Å². The second-order valence-corrected chi connectivity index (χ2v) is 3.06. The van der Waals surface area contributed by atoms with E-state index in [-0.39, 0.29) is 16.4 Å². The Morgan fingerprint density at radius 2 is 2.21 bits per heavy atom. The largest absolute Gasteiger partial charge is 0.384 e. The van der Waals surface area contributed by atoms with Crippen LogP contribution in [0.15, 0.2) is 12.3 Å². The molecule has 0 aliphatic carbocycles. The first kappa shape index (κ1) is 10.7. The molecule has 0 aliphatic rings. The van der Waals surface area contributed by atoms with Crippen LogP contribution in [0.1, 0.15) is 11.7 Å². The van der Waals surface area contributed by atoms with E-state index in [4.69, 9.17) is 27.7 Å². The maximum atomic E-state index is 9.42. The van der Waals surface area contributed by atoms with Crippen LogP contribution in [0.25, 0.3) is 0 Å². The lowest BCUT2D eigenvalue weighted by molar-refractivity contribution is 0.0526. The highest BCUT2D eigenvalue weighted by Crippen LogP contribution is 2.25. The molecule has 4 N–H and O–H groups in total. The third kappa shape index (κ3) is 2.12. The Hall–Kier alpha value is -1.35. The third-order valence-corrected chi connectivity index (χ3v) is 1.98. The van der Waals surface area contributed by atoms with E-state index in [2.05, 4.69) is 4.98 Å². The Morgan fingerprint density at radius 1 is 1.57 bits per heavy atom. The van der Waals surface area contributed by atoms with Crippen molar-refractivity contribution >= 4 is 17.4 Å². The normalized spacial score (nSPS) is 14.4. The van der Waals surface area contributed by atoms with Crippen molar-refractivity contribution in [2.45, 2.75) is 12.2 Å². The molecule has 2 atom stereocenters. The number of nitrogens with two attached hydrogens (primary N) is 1. The number of hydrogen-bond donors (Lipinski definition) is 3. The SMILES string of the molecule is N#CC(O)C(O)c1cnc(N)cc1Cl. The lowest BCUT2D eigenvalue weighted by Gasteiger charge is -2.12. The van der Waals surface area contributed by atoms with E-state index in [0.717, 1.165) is 0 Å². The van der Waals surface area contributed by atoms with E-state index in [9.17, 15) is 5.11 Å². The second-order valence-electron chi connectivity index (χ2n) is 2.65. The number of aliphatic hydroxyl groups is 2. The predicted octanol–water partition coefficient (Wildman–Crippen LogP) is 0.235. The molecule has 5 nitrogen and oxygen atoms in total. The van der Waals surface area contributed by atoms with Crippen LogP contribution in [-0.2, 0) is 0 Å². The highest BCUT2D eigenvalue weighted by Gasteiger charge is 2.20. The summed E-state index contributed by atoms with van der Waals surface area (Å²) in [5, 5.41) is 27.0. The van der Waals surface area contributed by atoms with Crippen LogP contribution in [-0.4, -0.2) is 21.3 Å². The Kier molecular flexibility index (Phi) is 3.25. The molecule has 74 valence electrons. The maximum absolute atomic E-state index is 9.42. The Balaban J connectivity index is 3.03. The Labute approximate surface area is 85.4 Å². The van der Waals surface area contributed by atoms with Gasteiger partial charge in [-0.1, -0.05) is 11.6 Å². The molecule has 1 heterocycles. The average Bonchev–Trinajstić information content (AvgIpc) is 2.15. The predicted molar refractivity (Wildman–Crippen MR) is 50.2 cm³/mol. The van der Waals surface area contributed by atoms with Crippen LogP contribution < -0.4 is 5.73 Å². The zero-order chi connectivity index (χ0) is 10.7. The van der Waals surface area contributed by atoms with Gasteiger partial charge in [0.2, 0.25) is 0 Å². The number of anilines is 1. The molecular weight excluding hydrogens is 206 g/mol. The molecule has 14 heavy (non-hydrogen) atoms. The van der Waals surface area contributed by atoms with Crippen LogP contribution in [0, 0.1) is 11.3 Å². The summed E-state index contributed by atoms with van der Waals surface area (Å²) in [6.45, 7) is 0. The molecular formula is C8H8ClN3O2. The number of aliphatic hydroxyl groups excluding tert-OH is 2. The van der Waals surface area contributed by atoms with Gasteiger partial charge >= 0.3 is 0 Å². The molecule has 0 saturated carbocycles. The minimum absolute atomic E-state index is 0.166. The number of halogens is 1. The highest BCUT2D eigenvalue weighted by atomic mass is 35.5. The van der Waals surface area contributed by atoms with Crippen molar-refractivity contribution in [1.29, 1.82) is 5.26 Å². The lowest BCUT2D eigenvalue weighted by Crippen LogP contribution is -2.16. The van der Waals surface area contributed by atoms with Crippen LogP contribution in [0.4, 0.5) is 5.82 Å². The van der Waals surface area contributed by atoms with Gasteiger partial charge in [0.05, 0.1) is 11.1 Å². The number of pyridine rings is 1. The summed E-state index contributed by atoms with van der Waals surface area (Å²) in [6.07, 6.45) is -1.68. The molecule has 1 aromatic rings. The fraction of sp³-hybridized carbons (Fsp3) is 0.250. The van der Waals surface area contributed by atoms with E-state index in [1.165, 1.54) is 18.3 Å². The molecule has 1 rings (SSSR count). The monoisotopic (exact) mass is 213 g/mol. The van der Waals surface area contributed by atoms with Crippen molar-refractivity contribution in [3.05, 3.63) is 22.8 Å². The van der Waals surface area contributed by atoms with E-state index in [1.807, 2.05) is 0 Å². The number of hydrogen-bond acceptors (Lipinski definition) is 5. The second kappa shape index (κ2) is 4.24. The van der Waals surface area contributed by atoms with Crippen molar-refractivity contribution in [3.63, 3.8) is 0 Å². The van der Waals surface area contributed by atoms with Crippen molar-refractivity contribution in [1.82, 2.24) is 4.98 Å². The summed E-state index contributed by atoms with van der Waals surface area (Å²) < 4.78 is 0. The Bertz CT molecular complexity index is 377. The minimum Gasteiger partial charge on any atom is -0.384 e. The topological polar surface area (TPSA) is 103 Å². The van der Waals surface area contributed by atoms with E-state index in [1.54, 1.807) is 0 Å². The number of nitrogens with zero attached hydrogens (tertiary/aromatic N) is 2. The Morgan fingerprint density at radius 3 is 2.71 bits per heavy atom. The first-order valence-corrected chi connectivity index (χ1v) is 4.10. The van der Waals surface area contributed by atoms with Crippen LogP contribution in [0.2, 0.25) is 5.02 Å². The fourth-order valence-electron chi connectivity index (χ4n) is 0.915. The van der Waals surface area contributed by atoms with Crippen LogP contribution in [0.5, 0.6) is 0 Å². The smallest absolute Gasteiger partial charge is 0.170 e. The maximum Gasteiger partial charge on any atom is 0.170 e. The van der Waals surface area contributed by atoms with Gasteiger partial charge in [-0.15, -0.1) is 0 Å². The van der Waals surface area contributed by atoms with Gasteiger partial charge < -0.3 is 15.9 Å². The first-order chi connectivity index (χ1) is 6.56. The quantitative estimate of drug-likeness (QED) is 0.611. The van der Waals surface area contributed by atoms with Crippen LogP contribution in [0.3, 0.4) is 0 Å². The van der Waals surface area contributed by atoms with E-state index in [0.29, 0.717) is 0 Å². The van der Waals surface area contributed by atoms with Gasteiger partial charge in [-0.05, 0) is 6.07 Å². The van der Waals surface area contributed by atoms with Crippen molar-refractivity contribution in [2.24, 2.45) is 0 Å². The zero-order valence-corrected chi connectivity index (χ0v) is 7.81. The highest BCUT2D eigenvalue weighted by molar-refractivity contribution is 6.31. The molecule has 0 amide bonds. The van der Waals surface area contributed by atoms with Gasteiger partial charge in [-0.2, -0.15) is 5.26 Å². The van der Waals surface area contributed by atoms with Crippen molar-refractivity contribution in [3.8, 4) is 6.07 Å².